The molecule has 0 radical (unpaired) electrons. The largest absolute Gasteiger partial charge is 0.455 e. The summed E-state index contributed by atoms with van der Waals surface area (Å²) in [6.45, 7) is 11.1. The zero-order chi connectivity index (χ0) is 23.0. The average Bonchev–Trinajstić information content (AvgIpc) is 3.20. The Morgan fingerprint density at radius 1 is 1.00 bits per heavy atom. The molecule has 1 aliphatic rings. The highest BCUT2D eigenvalue weighted by atomic mass is 16.3. The second-order valence-electron chi connectivity index (χ2n) is 9.69. The average molecular weight is 435 g/mol. The minimum Gasteiger partial charge on any atom is -0.455 e. The van der Waals surface area contributed by atoms with E-state index in [1.807, 2.05) is 12.1 Å². The Hall–Kier alpha value is -3.43. The molecule has 33 heavy (non-hydrogen) atoms. The highest BCUT2D eigenvalue weighted by molar-refractivity contribution is 6.10. The number of hydrogen-bond acceptors (Lipinski definition) is 2. The lowest BCUT2D eigenvalue weighted by molar-refractivity contribution is -0.729. The first kappa shape index (κ1) is 20.2. The smallest absolute Gasteiger partial charge is 0.217 e. The van der Waals surface area contributed by atoms with Crippen LogP contribution in [-0.4, -0.2) is 11.7 Å². The van der Waals surface area contributed by atoms with Gasteiger partial charge in [0.15, 0.2) is 5.54 Å². The Labute approximate surface area is 193 Å². The first-order valence-electron chi connectivity index (χ1n) is 11.6. The number of aryl methyl sites for hydroxylation is 1. The lowest BCUT2D eigenvalue weighted by atomic mass is 9.60. The first-order chi connectivity index (χ1) is 15.9. The van der Waals surface area contributed by atoms with E-state index in [0.717, 1.165) is 38.7 Å². The van der Waals surface area contributed by atoms with Crippen molar-refractivity contribution >= 4 is 32.8 Å². The Balaban J connectivity index is 1.89. The van der Waals surface area contributed by atoms with Crippen molar-refractivity contribution in [3.8, 4) is 11.3 Å². The summed E-state index contributed by atoms with van der Waals surface area (Å²) in [4.78, 5) is 0. The van der Waals surface area contributed by atoms with Gasteiger partial charge in [-0.05, 0) is 61.7 Å². The molecule has 0 spiro atoms. The molecule has 3 aromatic carbocycles. The number of aliphatic hydroxyl groups is 1. The third-order valence-electron chi connectivity index (χ3n) is 8.10. The van der Waals surface area contributed by atoms with Gasteiger partial charge in [0.2, 0.25) is 11.2 Å². The summed E-state index contributed by atoms with van der Waals surface area (Å²) in [5.41, 5.74) is 6.81. The predicted molar refractivity (Wildman–Crippen MR) is 134 cm³/mol. The van der Waals surface area contributed by atoms with Crippen LogP contribution in [-0.2, 0) is 11.0 Å². The molecule has 164 valence electrons. The second kappa shape index (κ2) is 6.79. The molecule has 1 N–H and O–H groups in total. The molecule has 3 heteroatoms. The van der Waals surface area contributed by atoms with Gasteiger partial charge in [0.25, 0.3) is 0 Å². The number of hydrogen-bond donors (Lipinski definition) is 1. The molecule has 0 saturated carbocycles. The zero-order valence-electron chi connectivity index (χ0n) is 19.4. The molecule has 6 rings (SSSR count). The maximum Gasteiger partial charge on any atom is 0.217 e. The van der Waals surface area contributed by atoms with E-state index in [1.54, 1.807) is 0 Å². The summed E-state index contributed by atoms with van der Waals surface area (Å²) in [6.07, 6.45) is 2.68. The van der Waals surface area contributed by atoms with E-state index in [-0.39, 0.29) is 6.61 Å². The fourth-order valence-corrected chi connectivity index (χ4v) is 6.27. The molecule has 2 aromatic heterocycles. The van der Waals surface area contributed by atoms with E-state index in [4.69, 9.17) is 4.42 Å². The first-order valence-corrected chi connectivity index (χ1v) is 11.6. The number of fused-ring (bicyclic) bond motifs is 9. The van der Waals surface area contributed by atoms with Crippen molar-refractivity contribution in [1.82, 2.24) is 0 Å². The van der Waals surface area contributed by atoms with Crippen molar-refractivity contribution in [2.24, 2.45) is 0 Å². The zero-order valence-corrected chi connectivity index (χ0v) is 19.4. The molecular weight excluding hydrogens is 406 g/mol. The van der Waals surface area contributed by atoms with E-state index < -0.39 is 11.0 Å². The van der Waals surface area contributed by atoms with Gasteiger partial charge in [0, 0.05) is 41.8 Å². The van der Waals surface area contributed by atoms with E-state index in [1.165, 1.54) is 16.5 Å². The minimum atomic E-state index is -0.455. The molecular formula is C30H28NO2+. The lowest BCUT2D eigenvalue weighted by Gasteiger charge is -2.46. The monoisotopic (exact) mass is 434 g/mol. The number of nitrogens with zero attached hydrogens (tertiary/aromatic N) is 1. The van der Waals surface area contributed by atoms with Gasteiger partial charge in [-0.25, -0.2) is 0 Å². The van der Waals surface area contributed by atoms with Crippen molar-refractivity contribution in [3.05, 3.63) is 90.5 Å². The number of allylic oxidation sites excluding steroid dienone is 1. The van der Waals surface area contributed by atoms with Gasteiger partial charge in [0.1, 0.15) is 11.2 Å². The van der Waals surface area contributed by atoms with Crippen LogP contribution < -0.4 is 4.57 Å². The minimum absolute atomic E-state index is 0.0949. The molecule has 0 amide bonds. The lowest BCUT2D eigenvalue weighted by Crippen LogP contribution is -2.67. The number of para-hydroxylation sites is 2. The molecule has 1 aliphatic heterocycles. The molecule has 2 unspecified atom stereocenters. The van der Waals surface area contributed by atoms with Crippen LogP contribution in [0.5, 0.6) is 0 Å². The van der Waals surface area contributed by atoms with Crippen molar-refractivity contribution in [2.45, 2.75) is 38.1 Å². The van der Waals surface area contributed by atoms with Gasteiger partial charge in [0.05, 0.1) is 11.0 Å². The highest BCUT2D eigenvalue weighted by Crippen LogP contribution is 2.53. The third-order valence-corrected chi connectivity index (χ3v) is 8.10. The number of rotatable bonds is 3. The summed E-state index contributed by atoms with van der Waals surface area (Å²) in [5, 5.41) is 13.7. The molecule has 0 bridgehead atoms. The van der Waals surface area contributed by atoms with E-state index in [0.29, 0.717) is 6.42 Å². The van der Waals surface area contributed by atoms with Gasteiger partial charge < -0.3 is 9.52 Å². The quantitative estimate of drug-likeness (QED) is 0.258. The van der Waals surface area contributed by atoms with E-state index in [2.05, 4.69) is 92.6 Å². The molecule has 3 heterocycles. The van der Waals surface area contributed by atoms with Crippen LogP contribution in [0.2, 0.25) is 0 Å². The van der Waals surface area contributed by atoms with Crippen molar-refractivity contribution < 1.29 is 14.1 Å². The summed E-state index contributed by atoms with van der Waals surface area (Å²) < 4.78 is 8.96. The van der Waals surface area contributed by atoms with Crippen LogP contribution in [0.15, 0.2) is 83.8 Å². The Bertz CT molecular complexity index is 1590. The number of benzene rings is 3. The standard InChI is InChI=1S/C30H28NO2/c1-5-30(4)29(3,16-17-32)27-19(2)18-22-21-11-7-9-13-25(21)33-28(22)26(27)24-15-14-20-10-6-8-12-23(20)31(24)30/h5-15,18,32H,1,16-17H2,2-4H3/q+1. The van der Waals surface area contributed by atoms with Crippen LogP contribution >= 0.6 is 0 Å². The van der Waals surface area contributed by atoms with E-state index >= 15 is 0 Å². The fourth-order valence-electron chi connectivity index (χ4n) is 6.27. The van der Waals surface area contributed by atoms with Crippen LogP contribution in [0.25, 0.3) is 44.1 Å². The van der Waals surface area contributed by atoms with Crippen molar-refractivity contribution in [3.63, 3.8) is 0 Å². The molecule has 0 fully saturated rings. The maximum atomic E-state index is 10.2. The van der Waals surface area contributed by atoms with Gasteiger partial charge in [-0.1, -0.05) is 36.9 Å². The molecule has 5 aromatic rings. The van der Waals surface area contributed by atoms with Gasteiger partial charge in [-0.3, -0.25) is 0 Å². The molecule has 0 saturated heterocycles. The summed E-state index contributed by atoms with van der Waals surface area (Å²) in [5.74, 6) is 0. The second-order valence-corrected chi connectivity index (χ2v) is 9.69. The molecule has 2 atom stereocenters. The van der Waals surface area contributed by atoms with Crippen molar-refractivity contribution in [2.75, 3.05) is 6.61 Å². The Kier molecular flexibility index (Phi) is 4.15. The van der Waals surface area contributed by atoms with Gasteiger partial charge >= 0.3 is 0 Å². The van der Waals surface area contributed by atoms with E-state index in [9.17, 15) is 5.11 Å². The highest BCUT2D eigenvalue weighted by Gasteiger charge is 2.58. The SMILES string of the molecule is C=CC1(C)[n+]2c(ccc3ccccc32)-c2c(c(C)cc3c2oc2ccccc23)C1(C)CCO. The molecule has 3 nitrogen and oxygen atoms in total. The summed E-state index contributed by atoms with van der Waals surface area (Å²) in [7, 11) is 0. The number of pyridine rings is 1. The summed E-state index contributed by atoms with van der Waals surface area (Å²) >= 11 is 0. The van der Waals surface area contributed by atoms with Gasteiger partial charge in [-0.2, -0.15) is 4.57 Å². The normalized spacial score (nSPS) is 21.9. The third kappa shape index (κ3) is 2.41. The van der Waals surface area contributed by atoms with Crippen LogP contribution in [0.4, 0.5) is 0 Å². The topological polar surface area (TPSA) is 37.2 Å². The van der Waals surface area contributed by atoms with Crippen LogP contribution in [0.1, 0.15) is 31.4 Å². The van der Waals surface area contributed by atoms with Crippen LogP contribution in [0, 0.1) is 6.92 Å². The predicted octanol–water partition coefficient (Wildman–Crippen LogP) is 6.56. The maximum absolute atomic E-state index is 10.2. The number of aromatic nitrogens is 1. The number of aliphatic hydroxyl groups excluding tert-OH is 1. The Morgan fingerprint density at radius 2 is 1.76 bits per heavy atom. The van der Waals surface area contributed by atoms with Crippen molar-refractivity contribution in [1.29, 1.82) is 0 Å². The van der Waals surface area contributed by atoms with Crippen LogP contribution in [0.3, 0.4) is 0 Å². The molecule has 0 aliphatic carbocycles. The van der Waals surface area contributed by atoms with Gasteiger partial charge in [-0.15, -0.1) is 0 Å². The fraction of sp³-hybridized carbons (Fsp3) is 0.233. The summed E-state index contributed by atoms with van der Waals surface area (Å²) in [6, 6.07) is 23.4. The Morgan fingerprint density at radius 3 is 2.55 bits per heavy atom. The number of furan rings is 1.